The average molecular weight is 311 g/mol. The zero-order valence-electron chi connectivity index (χ0n) is 13.2. The van der Waals surface area contributed by atoms with Crippen molar-refractivity contribution in [1.82, 2.24) is 0 Å². The molecule has 0 fully saturated rings. The predicted molar refractivity (Wildman–Crippen MR) is 89.5 cm³/mol. The standard InChI is InChI=1S/C15H25N3O2S/c1-5-12-7-6-8-13(11-12)18-14(16)17-9-10-21(19,20)15(2,3)4/h6-8,11H,5,9-10H2,1-4H3,(H3,16,17,18). The maximum Gasteiger partial charge on any atom is 0.193 e. The number of sulfone groups is 1. The molecule has 0 bridgehead atoms. The zero-order chi connectivity index (χ0) is 16.1. The van der Waals surface area contributed by atoms with Crippen molar-refractivity contribution in [3.05, 3.63) is 29.8 Å². The smallest absolute Gasteiger partial charge is 0.193 e. The van der Waals surface area contributed by atoms with E-state index >= 15 is 0 Å². The molecule has 118 valence electrons. The van der Waals surface area contributed by atoms with Crippen molar-refractivity contribution in [3.8, 4) is 0 Å². The summed E-state index contributed by atoms with van der Waals surface area (Å²) in [6, 6.07) is 7.87. The van der Waals surface area contributed by atoms with Crippen LogP contribution in [0.1, 0.15) is 33.3 Å². The van der Waals surface area contributed by atoms with Gasteiger partial charge >= 0.3 is 0 Å². The van der Waals surface area contributed by atoms with Gasteiger partial charge in [-0.3, -0.25) is 4.99 Å². The summed E-state index contributed by atoms with van der Waals surface area (Å²) in [6.07, 6.45) is 0.941. The van der Waals surface area contributed by atoms with E-state index in [0.29, 0.717) is 0 Å². The molecule has 5 nitrogen and oxygen atoms in total. The van der Waals surface area contributed by atoms with Crippen LogP contribution in [0.5, 0.6) is 0 Å². The van der Waals surface area contributed by atoms with E-state index in [2.05, 4.69) is 17.2 Å². The van der Waals surface area contributed by atoms with Crippen molar-refractivity contribution >= 4 is 21.5 Å². The fourth-order valence-electron chi connectivity index (χ4n) is 1.65. The number of aliphatic imine (C=N–C) groups is 1. The predicted octanol–water partition coefficient (Wildman–Crippen LogP) is 2.19. The van der Waals surface area contributed by atoms with Crippen LogP contribution < -0.4 is 11.1 Å². The van der Waals surface area contributed by atoms with Gasteiger partial charge in [-0.25, -0.2) is 8.42 Å². The first-order valence-electron chi connectivity index (χ1n) is 7.04. The van der Waals surface area contributed by atoms with Crippen LogP contribution >= 0.6 is 0 Å². The van der Waals surface area contributed by atoms with Gasteiger partial charge in [0.15, 0.2) is 15.8 Å². The van der Waals surface area contributed by atoms with Gasteiger partial charge in [0.05, 0.1) is 17.0 Å². The number of nitrogens with two attached hydrogens (primary N) is 1. The summed E-state index contributed by atoms with van der Waals surface area (Å²) in [6.45, 7) is 7.29. The molecule has 21 heavy (non-hydrogen) atoms. The number of nitrogens with zero attached hydrogens (tertiary/aromatic N) is 1. The van der Waals surface area contributed by atoms with E-state index in [-0.39, 0.29) is 18.3 Å². The molecule has 0 amide bonds. The lowest BCUT2D eigenvalue weighted by Crippen LogP contribution is -2.32. The molecule has 0 heterocycles. The fraction of sp³-hybridized carbons (Fsp3) is 0.533. The molecule has 0 aliphatic carbocycles. The van der Waals surface area contributed by atoms with E-state index in [0.717, 1.165) is 12.1 Å². The SMILES string of the molecule is CCc1cccc(NC(N)=NCCS(=O)(=O)C(C)(C)C)c1. The second-order valence-corrected chi connectivity index (χ2v) is 8.74. The van der Waals surface area contributed by atoms with E-state index in [1.54, 1.807) is 20.8 Å². The molecule has 0 aliphatic heterocycles. The van der Waals surface area contributed by atoms with Gasteiger partial charge in [0.25, 0.3) is 0 Å². The first-order valence-corrected chi connectivity index (χ1v) is 8.69. The Morgan fingerprint density at radius 2 is 2.00 bits per heavy atom. The maximum atomic E-state index is 11.9. The maximum absolute atomic E-state index is 11.9. The summed E-state index contributed by atoms with van der Waals surface area (Å²) in [4.78, 5) is 4.08. The van der Waals surface area contributed by atoms with E-state index in [1.165, 1.54) is 5.56 Å². The third kappa shape index (κ3) is 5.38. The van der Waals surface area contributed by atoms with E-state index in [9.17, 15) is 8.42 Å². The minimum absolute atomic E-state index is 0.00607. The molecule has 0 aliphatic rings. The van der Waals surface area contributed by atoms with Crippen molar-refractivity contribution in [1.29, 1.82) is 0 Å². The van der Waals surface area contributed by atoms with E-state index in [4.69, 9.17) is 5.73 Å². The molecule has 0 aromatic heterocycles. The number of nitrogens with one attached hydrogen (secondary N) is 1. The molecule has 0 saturated heterocycles. The Bertz CT molecular complexity index is 602. The minimum atomic E-state index is -3.17. The molecule has 6 heteroatoms. The van der Waals surface area contributed by atoms with Crippen molar-refractivity contribution in [3.63, 3.8) is 0 Å². The van der Waals surface area contributed by atoms with Crippen LogP contribution in [0.25, 0.3) is 0 Å². The van der Waals surface area contributed by atoms with Crippen LogP contribution in [0.3, 0.4) is 0 Å². The summed E-state index contributed by atoms with van der Waals surface area (Å²) < 4.78 is 23.1. The molecular weight excluding hydrogens is 286 g/mol. The Morgan fingerprint density at radius 3 is 2.57 bits per heavy atom. The molecule has 0 spiro atoms. The highest BCUT2D eigenvalue weighted by molar-refractivity contribution is 7.92. The molecule has 0 saturated carbocycles. The van der Waals surface area contributed by atoms with Gasteiger partial charge in [-0.15, -0.1) is 0 Å². The van der Waals surface area contributed by atoms with Crippen molar-refractivity contribution in [2.45, 2.75) is 38.9 Å². The van der Waals surface area contributed by atoms with Gasteiger partial charge in [-0.05, 0) is 44.9 Å². The molecule has 1 aromatic carbocycles. The van der Waals surface area contributed by atoms with Gasteiger partial charge in [-0.1, -0.05) is 19.1 Å². The summed E-state index contributed by atoms with van der Waals surface area (Å²) >= 11 is 0. The highest BCUT2D eigenvalue weighted by atomic mass is 32.2. The van der Waals surface area contributed by atoms with Gasteiger partial charge in [0.2, 0.25) is 0 Å². The second kappa shape index (κ2) is 6.93. The topological polar surface area (TPSA) is 84.5 Å². The monoisotopic (exact) mass is 311 g/mol. The molecule has 0 radical (unpaired) electrons. The number of benzene rings is 1. The minimum Gasteiger partial charge on any atom is -0.370 e. The van der Waals surface area contributed by atoms with E-state index < -0.39 is 14.6 Å². The highest BCUT2D eigenvalue weighted by Crippen LogP contribution is 2.15. The molecule has 0 atom stereocenters. The first-order chi connectivity index (χ1) is 9.65. The summed E-state index contributed by atoms with van der Waals surface area (Å²) in [5.41, 5.74) is 7.83. The Hall–Kier alpha value is -1.56. The summed E-state index contributed by atoms with van der Waals surface area (Å²) in [5, 5.41) is 2.97. The van der Waals surface area contributed by atoms with Crippen molar-refractivity contribution in [2.75, 3.05) is 17.6 Å². The number of hydrogen-bond donors (Lipinski definition) is 2. The lowest BCUT2D eigenvalue weighted by Gasteiger charge is -2.18. The van der Waals surface area contributed by atoms with Gasteiger partial charge < -0.3 is 11.1 Å². The molecular formula is C15H25N3O2S. The van der Waals surface area contributed by atoms with Gasteiger partial charge in [0.1, 0.15) is 0 Å². The number of aryl methyl sites for hydroxylation is 1. The van der Waals surface area contributed by atoms with Crippen LogP contribution in [-0.4, -0.2) is 31.4 Å². The average Bonchev–Trinajstić information content (AvgIpc) is 2.37. The Labute approximate surface area is 127 Å². The summed E-state index contributed by atoms with van der Waals surface area (Å²) in [7, 11) is -3.17. The van der Waals surface area contributed by atoms with Crippen LogP contribution in [0.15, 0.2) is 29.3 Å². The van der Waals surface area contributed by atoms with Gasteiger partial charge in [-0.2, -0.15) is 0 Å². The fourth-order valence-corrected chi connectivity index (χ4v) is 2.59. The zero-order valence-corrected chi connectivity index (χ0v) is 14.0. The second-order valence-electron chi connectivity index (χ2n) is 5.88. The first kappa shape index (κ1) is 17.5. The largest absolute Gasteiger partial charge is 0.370 e. The van der Waals surface area contributed by atoms with Crippen LogP contribution in [0, 0.1) is 0 Å². The summed E-state index contributed by atoms with van der Waals surface area (Å²) in [5.74, 6) is 0.223. The number of hydrogen-bond acceptors (Lipinski definition) is 3. The van der Waals surface area contributed by atoms with Crippen LogP contribution in [0.2, 0.25) is 0 Å². The quantitative estimate of drug-likeness (QED) is 0.645. The highest BCUT2D eigenvalue weighted by Gasteiger charge is 2.28. The van der Waals surface area contributed by atoms with Crippen LogP contribution in [-0.2, 0) is 16.3 Å². The third-order valence-corrected chi connectivity index (χ3v) is 5.77. The van der Waals surface area contributed by atoms with Crippen LogP contribution in [0.4, 0.5) is 5.69 Å². The lowest BCUT2D eigenvalue weighted by molar-refractivity contribution is 0.560. The number of rotatable bonds is 5. The normalized spacial score (nSPS) is 13.2. The van der Waals surface area contributed by atoms with E-state index in [1.807, 2.05) is 24.3 Å². The molecule has 1 aromatic rings. The molecule has 1 rings (SSSR count). The Kier molecular flexibility index (Phi) is 5.78. The molecule has 3 N–H and O–H groups in total. The van der Waals surface area contributed by atoms with Crippen molar-refractivity contribution < 1.29 is 8.42 Å². The lowest BCUT2D eigenvalue weighted by atomic mass is 10.1. The number of guanidine groups is 1. The van der Waals surface area contributed by atoms with Crippen molar-refractivity contribution in [2.24, 2.45) is 10.7 Å². The number of anilines is 1. The Balaban J connectivity index is 2.62. The third-order valence-electron chi connectivity index (χ3n) is 3.18. The molecule has 0 unspecified atom stereocenters. The Morgan fingerprint density at radius 1 is 1.33 bits per heavy atom. The van der Waals surface area contributed by atoms with Gasteiger partial charge in [0, 0.05) is 5.69 Å².